The zero-order valence-corrected chi connectivity index (χ0v) is 10.6. The fraction of sp³-hybridized carbons (Fsp3) is 0.133. The molecule has 0 aliphatic carbocycles. The Balaban J connectivity index is 2.17. The van der Waals surface area contributed by atoms with E-state index in [2.05, 4.69) is 10.1 Å². The number of hydrogen-bond acceptors (Lipinski definition) is 3. The summed E-state index contributed by atoms with van der Waals surface area (Å²) >= 11 is 0. The van der Waals surface area contributed by atoms with E-state index in [4.69, 9.17) is 0 Å². The predicted octanol–water partition coefficient (Wildman–Crippen LogP) is 2.68. The van der Waals surface area contributed by atoms with Crippen molar-refractivity contribution in [2.45, 2.75) is 13.5 Å². The van der Waals surface area contributed by atoms with Crippen LogP contribution in [0.25, 0.3) is 10.9 Å². The second kappa shape index (κ2) is 4.65. The minimum Gasteiger partial charge on any atom is -0.287 e. The molecule has 0 unspecified atom stereocenters. The Morgan fingerprint density at radius 1 is 1.16 bits per heavy atom. The van der Waals surface area contributed by atoms with Gasteiger partial charge in [0.15, 0.2) is 0 Å². The van der Waals surface area contributed by atoms with Crippen LogP contribution in [0.4, 0.5) is 0 Å². The van der Waals surface area contributed by atoms with Gasteiger partial charge in [0, 0.05) is 29.9 Å². The molecule has 19 heavy (non-hydrogen) atoms. The first-order valence-corrected chi connectivity index (χ1v) is 6.21. The molecule has 1 aromatic carbocycles. The van der Waals surface area contributed by atoms with Gasteiger partial charge in [-0.1, -0.05) is 18.2 Å². The second-order valence-corrected chi connectivity index (χ2v) is 4.24. The van der Waals surface area contributed by atoms with Gasteiger partial charge in [-0.05, 0) is 25.1 Å². The Hall–Kier alpha value is -2.49. The number of pyridine rings is 1. The molecule has 0 bridgehead atoms. The van der Waals surface area contributed by atoms with E-state index in [9.17, 15) is 4.79 Å². The molecule has 0 fully saturated rings. The van der Waals surface area contributed by atoms with Gasteiger partial charge < -0.3 is 0 Å². The molecule has 94 valence electrons. The van der Waals surface area contributed by atoms with E-state index in [1.807, 2.05) is 37.3 Å². The molecule has 4 heteroatoms. The highest BCUT2D eigenvalue weighted by Crippen LogP contribution is 2.19. The molecule has 0 aliphatic heterocycles. The van der Waals surface area contributed by atoms with Crippen LogP contribution >= 0.6 is 0 Å². The van der Waals surface area contributed by atoms with Gasteiger partial charge in [0.25, 0.3) is 0 Å². The first-order valence-electron chi connectivity index (χ1n) is 6.21. The number of ketones is 1. The predicted molar refractivity (Wildman–Crippen MR) is 73.1 cm³/mol. The molecule has 4 nitrogen and oxygen atoms in total. The lowest BCUT2D eigenvalue weighted by Gasteiger charge is -2.06. The van der Waals surface area contributed by atoms with E-state index >= 15 is 0 Å². The lowest BCUT2D eigenvalue weighted by Crippen LogP contribution is -2.11. The van der Waals surface area contributed by atoms with Gasteiger partial charge in [0.1, 0.15) is 5.69 Å². The SMILES string of the molecule is CCn1nccc1C(=O)c1cccc2ncccc12. The normalized spacial score (nSPS) is 10.8. The maximum absolute atomic E-state index is 12.6. The number of nitrogens with zero attached hydrogens (tertiary/aromatic N) is 3. The number of aromatic nitrogens is 3. The quantitative estimate of drug-likeness (QED) is 0.672. The molecule has 0 radical (unpaired) electrons. The van der Waals surface area contributed by atoms with Gasteiger partial charge in [-0.15, -0.1) is 0 Å². The number of carbonyl (C=O) groups excluding carboxylic acids is 1. The maximum Gasteiger partial charge on any atom is 0.211 e. The van der Waals surface area contributed by atoms with Crippen LogP contribution in [0.5, 0.6) is 0 Å². The summed E-state index contributed by atoms with van der Waals surface area (Å²) in [6.45, 7) is 2.64. The summed E-state index contributed by atoms with van der Waals surface area (Å²) in [5.74, 6) is -0.0158. The van der Waals surface area contributed by atoms with Gasteiger partial charge in [-0.25, -0.2) is 0 Å². The fourth-order valence-corrected chi connectivity index (χ4v) is 2.22. The molecule has 3 aromatic rings. The van der Waals surface area contributed by atoms with Crippen LogP contribution < -0.4 is 0 Å². The van der Waals surface area contributed by atoms with Crippen molar-refractivity contribution in [3.63, 3.8) is 0 Å². The van der Waals surface area contributed by atoms with Crippen molar-refractivity contribution in [2.24, 2.45) is 0 Å². The van der Waals surface area contributed by atoms with Gasteiger partial charge in [0.05, 0.1) is 5.52 Å². The molecule has 3 rings (SSSR count). The van der Waals surface area contributed by atoms with Crippen LogP contribution in [-0.4, -0.2) is 20.5 Å². The summed E-state index contributed by atoms with van der Waals surface area (Å²) in [4.78, 5) is 16.9. The van der Waals surface area contributed by atoms with Crippen molar-refractivity contribution < 1.29 is 4.79 Å². The standard InChI is InChI=1S/C15H13N3O/c1-2-18-14(8-10-17-18)15(19)12-5-3-7-13-11(12)6-4-9-16-13/h3-10H,2H2,1H3. The van der Waals surface area contributed by atoms with E-state index in [0.717, 1.165) is 10.9 Å². The monoisotopic (exact) mass is 251 g/mol. The van der Waals surface area contributed by atoms with Crippen LogP contribution in [-0.2, 0) is 6.54 Å². The fourth-order valence-electron chi connectivity index (χ4n) is 2.22. The second-order valence-electron chi connectivity index (χ2n) is 4.24. The summed E-state index contributed by atoms with van der Waals surface area (Å²) < 4.78 is 1.71. The molecular formula is C15H13N3O. The first-order chi connectivity index (χ1) is 9.31. The van der Waals surface area contributed by atoms with Crippen molar-refractivity contribution in [3.05, 3.63) is 60.0 Å². The molecule has 0 aliphatic rings. The minimum absolute atomic E-state index is 0.0158. The number of benzene rings is 1. The van der Waals surface area contributed by atoms with E-state index < -0.39 is 0 Å². The summed E-state index contributed by atoms with van der Waals surface area (Å²) in [6, 6.07) is 11.1. The van der Waals surface area contributed by atoms with Crippen molar-refractivity contribution in [3.8, 4) is 0 Å². The average molecular weight is 251 g/mol. The molecule has 0 N–H and O–H groups in total. The smallest absolute Gasteiger partial charge is 0.211 e. The molecule has 0 saturated carbocycles. The maximum atomic E-state index is 12.6. The zero-order valence-electron chi connectivity index (χ0n) is 10.6. The third-order valence-corrected chi connectivity index (χ3v) is 3.14. The van der Waals surface area contributed by atoms with Gasteiger partial charge in [-0.3, -0.25) is 14.5 Å². The Morgan fingerprint density at radius 2 is 2.05 bits per heavy atom. The van der Waals surface area contributed by atoms with E-state index in [1.165, 1.54) is 0 Å². The molecule has 2 heterocycles. The highest BCUT2D eigenvalue weighted by molar-refractivity contribution is 6.15. The molecule has 0 spiro atoms. The highest BCUT2D eigenvalue weighted by Gasteiger charge is 2.16. The van der Waals surface area contributed by atoms with E-state index in [-0.39, 0.29) is 5.78 Å². The van der Waals surface area contributed by atoms with Crippen molar-refractivity contribution in [2.75, 3.05) is 0 Å². The molecule has 0 saturated heterocycles. The summed E-state index contributed by atoms with van der Waals surface area (Å²) in [6.07, 6.45) is 3.38. The third-order valence-electron chi connectivity index (χ3n) is 3.14. The number of carbonyl (C=O) groups is 1. The van der Waals surface area contributed by atoms with Crippen molar-refractivity contribution >= 4 is 16.7 Å². The number of hydrogen-bond donors (Lipinski definition) is 0. The Bertz CT molecular complexity index is 740. The van der Waals surface area contributed by atoms with Crippen molar-refractivity contribution in [1.82, 2.24) is 14.8 Å². The number of rotatable bonds is 3. The minimum atomic E-state index is -0.0158. The largest absolute Gasteiger partial charge is 0.287 e. The van der Waals surface area contributed by atoms with E-state index in [0.29, 0.717) is 17.8 Å². The van der Waals surface area contributed by atoms with Crippen LogP contribution in [0.1, 0.15) is 23.0 Å². The van der Waals surface area contributed by atoms with Gasteiger partial charge >= 0.3 is 0 Å². The van der Waals surface area contributed by atoms with Gasteiger partial charge in [-0.2, -0.15) is 5.10 Å². The molecule has 0 atom stereocenters. The van der Waals surface area contributed by atoms with Crippen LogP contribution in [0, 0.1) is 0 Å². The van der Waals surface area contributed by atoms with E-state index in [1.54, 1.807) is 23.1 Å². The molecule has 2 aromatic heterocycles. The lowest BCUT2D eigenvalue weighted by molar-refractivity contribution is 0.103. The Kier molecular flexibility index (Phi) is 2.83. The summed E-state index contributed by atoms with van der Waals surface area (Å²) in [7, 11) is 0. The average Bonchev–Trinajstić information content (AvgIpc) is 2.94. The number of aryl methyl sites for hydroxylation is 1. The van der Waals surface area contributed by atoms with Crippen LogP contribution in [0.3, 0.4) is 0 Å². The highest BCUT2D eigenvalue weighted by atomic mass is 16.1. The summed E-state index contributed by atoms with van der Waals surface area (Å²) in [5.41, 5.74) is 2.11. The van der Waals surface area contributed by atoms with Crippen LogP contribution in [0.2, 0.25) is 0 Å². The first kappa shape index (κ1) is 11.6. The van der Waals surface area contributed by atoms with Crippen LogP contribution in [0.15, 0.2) is 48.8 Å². The Labute approximate surface area is 110 Å². The van der Waals surface area contributed by atoms with Gasteiger partial charge in [0.2, 0.25) is 5.78 Å². The molecular weight excluding hydrogens is 238 g/mol. The molecule has 0 amide bonds. The zero-order chi connectivity index (χ0) is 13.2. The third kappa shape index (κ3) is 1.91. The Morgan fingerprint density at radius 3 is 2.89 bits per heavy atom. The lowest BCUT2D eigenvalue weighted by atomic mass is 10.0. The van der Waals surface area contributed by atoms with Crippen molar-refractivity contribution in [1.29, 1.82) is 0 Å². The number of fused-ring (bicyclic) bond motifs is 1. The summed E-state index contributed by atoms with van der Waals surface area (Å²) in [5, 5.41) is 5.02. The topological polar surface area (TPSA) is 47.8 Å².